The van der Waals surface area contributed by atoms with E-state index in [2.05, 4.69) is 10.6 Å². The third-order valence-electron chi connectivity index (χ3n) is 3.75. The number of rotatable bonds is 8. The SMILES string of the molecule is CCOc1ccccc1NC(=O)CC(NC(C)=O)c1ccc(OC)cc1. The maximum absolute atomic E-state index is 12.5. The van der Waals surface area contributed by atoms with Crippen LogP contribution in [0.4, 0.5) is 5.69 Å². The molecule has 0 saturated heterocycles. The van der Waals surface area contributed by atoms with E-state index in [1.807, 2.05) is 31.2 Å². The van der Waals surface area contributed by atoms with Crippen LogP contribution < -0.4 is 20.1 Å². The highest BCUT2D eigenvalue weighted by molar-refractivity contribution is 5.93. The Hall–Kier alpha value is -3.02. The Morgan fingerprint density at radius 1 is 1.08 bits per heavy atom. The van der Waals surface area contributed by atoms with E-state index >= 15 is 0 Å². The van der Waals surface area contributed by atoms with E-state index in [0.29, 0.717) is 23.8 Å². The molecule has 0 radical (unpaired) electrons. The van der Waals surface area contributed by atoms with Gasteiger partial charge in [-0.2, -0.15) is 0 Å². The number of ether oxygens (including phenoxy) is 2. The van der Waals surface area contributed by atoms with E-state index in [1.165, 1.54) is 6.92 Å². The molecule has 6 nitrogen and oxygen atoms in total. The lowest BCUT2D eigenvalue weighted by Gasteiger charge is -2.19. The van der Waals surface area contributed by atoms with E-state index < -0.39 is 6.04 Å². The lowest BCUT2D eigenvalue weighted by molar-refractivity contribution is -0.120. The fourth-order valence-corrected chi connectivity index (χ4v) is 2.57. The second-order valence-electron chi connectivity index (χ2n) is 5.71. The van der Waals surface area contributed by atoms with Gasteiger partial charge in [0.15, 0.2) is 0 Å². The van der Waals surface area contributed by atoms with E-state index in [1.54, 1.807) is 31.4 Å². The van der Waals surface area contributed by atoms with Crippen molar-refractivity contribution in [3.8, 4) is 11.5 Å². The van der Waals surface area contributed by atoms with Crippen LogP contribution in [0.1, 0.15) is 31.9 Å². The maximum atomic E-state index is 12.5. The minimum atomic E-state index is -0.433. The topological polar surface area (TPSA) is 76.7 Å². The molecule has 26 heavy (non-hydrogen) atoms. The number of carbonyl (C=O) groups is 2. The van der Waals surface area contributed by atoms with Gasteiger partial charge in [-0.1, -0.05) is 24.3 Å². The molecule has 0 aliphatic rings. The molecule has 0 aromatic heterocycles. The third kappa shape index (κ3) is 5.51. The number of amides is 2. The van der Waals surface area contributed by atoms with Gasteiger partial charge in [-0.05, 0) is 36.8 Å². The zero-order chi connectivity index (χ0) is 18.9. The zero-order valence-electron chi connectivity index (χ0n) is 15.2. The first-order chi connectivity index (χ1) is 12.5. The van der Waals surface area contributed by atoms with Crippen LogP contribution in [0.3, 0.4) is 0 Å². The van der Waals surface area contributed by atoms with Gasteiger partial charge in [0.25, 0.3) is 0 Å². The standard InChI is InChI=1S/C20H24N2O4/c1-4-26-19-8-6-5-7-17(19)22-20(24)13-18(21-14(2)23)15-9-11-16(25-3)12-10-15/h5-12,18H,4,13H2,1-3H3,(H,21,23)(H,22,24). The molecule has 0 spiro atoms. The molecule has 0 heterocycles. The first kappa shape index (κ1) is 19.3. The second kappa shape index (κ2) is 9.46. The molecule has 0 fully saturated rings. The van der Waals surface area contributed by atoms with Gasteiger partial charge >= 0.3 is 0 Å². The first-order valence-electron chi connectivity index (χ1n) is 8.46. The van der Waals surface area contributed by atoms with Crippen LogP contribution in [0.25, 0.3) is 0 Å². The van der Waals surface area contributed by atoms with E-state index in [0.717, 1.165) is 5.56 Å². The second-order valence-corrected chi connectivity index (χ2v) is 5.71. The van der Waals surface area contributed by atoms with Gasteiger partial charge in [-0.25, -0.2) is 0 Å². The maximum Gasteiger partial charge on any atom is 0.226 e. The van der Waals surface area contributed by atoms with Crippen molar-refractivity contribution in [2.24, 2.45) is 0 Å². The van der Waals surface area contributed by atoms with Gasteiger partial charge in [0, 0.05) is 6.92 Å². The van der Waals surface area contributed by atoms with Crippen LogP contribution in [-0.4, -0.2) is 25.5 Å². The van der Waals surface area contributed by atoms with Crippen LogP contribution in [0.5, 0.6) is 11.5 Å². The van der Waals surface area contributed by atoms with E-state index in [-0.39, 0.29) is 18.2 Å². The molecule has 2 N–H and O–H groups in total. The highest BCUT2D eigenvalue weighted by Gasteiger charge is 2.18. The number of hydrogen-bond donors (Lipinski definition) is 2. The summed E-state index contributed by atoms with van der Waals surface area (Å²) in [5.74, 6) is 0.911. The van der Waals surface area contributed by atoms with Gasteiger partial charge in [0.2, 0.25) is 11.8 Å². The summed E-state index contributed by atoms with van der Waals surface area (Å²) in [4.78, 5) is 24.1. The summed E-state index contributed by atoms with van der Waals surface area (Å²) >= 11 is 0. The number of hydrogen-bond acceptors (Lipinski definition) is 4. The molecule has 2 aromatic rings. The molecule has 2 aromatic carbocycles. The van der Waals surface area contributed by atoms with Crippen molar-refractivity contribution in [3.05, 3.63) is 54.1 Å². The molecule has 0 aliphatic heterocycles. The summed E-state index contributed by atoms with van der Waals surface area (Å²) in [6, 6.07) is 14.1. The van der Waals surface area contributed by atoms with Crippen LogP contribution in [0, 0.1) is 0 Å². The monoisotopic (exact) mass is 356 g/mol. The van der Waals surface area contributed by atoms with Gasteiger partial charge in [0.1, 0.15) is 11.5 Å². The molecule has 6 heteroatoms. The number of benzene rings is 2. The Labute approximate surface area is 153 Å². The summed E-state index contributed by atoms with van der Waals surface area (Å²) in [7, 11) is 1.59. The van der Waals surface area contributed by atoms with E-state index in [9.17, 15) is 9.59 Å². The van der Waals surface area contributed by atoms with Gasteiger partial charge in [0.05, 0.1) is 31.9 Å². The number of anilines is 1. The summed E-state index contributed by atoms with van der Waals surface area (Å²) in [5.41, 5.74) is 1.44. The fourth-order valence-electron chi connectivity index (χ4n) is 2.57. The van der Waals surface area contributed by atoms with Crippen LogP contribution in [0.2, 0.25) is 0 Å². The van der Waals surface area contributed by atoms with Gasteiger partial charge in [-0.15, -0.1) is 0 Å². The van der Waals surface area contributed by atoms with Crippen molar-refractivity contribution in [1.82, 2.24) is 5.32 Å². The van der Waals surface area contributed by atoms with Gasteiger partial charge in [-0.3, -0.25) is 9.59 Å². The molecule has 0 aliphatic carbocycles. The van der Waals surface area contributed by atoms with Gasteiger partial charge < -0.3 is 20.1 Å². The summed E-state index contributed by atoms with van der Waals surface area (Å²) in [6.45, 7) is 3.82. The van der Waals surface area contributed by atoms with Crippen LogP contribution >= 0.6 is 0 Å². The smallest absolute Gasteiger partial charge is 0.226 e. The minimum absolute atomic E-state index is 0.104. The van der Waals surface area contributed by atoms with Crippen LogP contribution in [-0.2, 0) is 9.59 Å². The minimum Gasteiger partial charge on any atom is -0.497 e. The molecule has 0 bridgehead atoms. The van der Waals surface area contributed by atoms with Crippen molar-refractivity contribution in [1.29, 1.82) is 0 Å². The summed E-state index contributed by atoms with van der Waals surface area (Å²) in [6.07, 6.45) is 0.104. The summed E-state index contributed by atoms with van der Waals surface area (Å²) < 4.78 is 10.7. The number of nitrogens with one attached hydrogen (secondary N) is 2. The number of carbonyl (C=O) groups excluding carboxylic acids is 2. The molecule has 2 rings (SSSR count). The molecular weight excluding hydrogens is 332 g/mol. The molecule has 1 unspecified atom stereocenters. The molecule has 1 atom stereocenters. The fraction of sp³-hybridized carbons (Fsp3) is 0.300. The predicted molar refractivity (Wildman–Crippen MR) is 100 cm³/mol. The third-order valence-corrected chi connectivity index (χ3v) is 3.75. The zero-order valence-corrected chi connectivity index (χ0v) is 15.2. The molecule has 0 saturated carbocycles. The summed E-state index contributed by atoms with van der Waals surface area (Å²) in [5, 5.41) is 5.67. The Morgan fingerprint density at radius 3 is 2.38 bits per heavy atom. The predicted octanol–water partition coefficient (Wildman–Crippen LogP) is 3.30. The van der Waals surface area contributed by atoms with Crippen molar-refractivity contribution >= 4 is 17.5 Å². The average Bonchev–Trinajstić information content (AvgIpc) is 2.63. The lowest BCUT2D eigenvalue weighted by Crippen LogP contribution is -2.29. The van der Waals surface area contributed by atoms with Crippen molar-refractivity contribution in [3.63, 3.8) is 0 Å². The quantitative estimate of drug-likeness (QED) is 0.761. The Bertz CT molecular complexity index is 744. The number of para-hydroxylation sites is 2. The van der Waals surface area contributed by atoms with E-state index in [4.69, 9.17) is 9.47 Å². The van der Waals surface area contributed by atoms with Crippen LogP contribution in [0.15, 0.2) is 48.5 Å². The Morgan fingerprint density at radius 2 is 1.77 bits per heavy atom. The Kier molecular flexibility index (Phi) is 7.02. The largest absolute Gasteiger partial charge is 0.497 e. The lowest BCUT2D eigenvalue weighted by atomic mass is 10.0. The van der Waals surface area contributed by atoms with Crippen molar-refractivity contribution in [2.75, 3.05) is 19.0 Å². The van der Waals surface area contributed by atoms with Crippen molar-refractivity contribution in [2.45, 2.75) is 26.3 Å². The van der Waals surface area contributed by atoms with Crippen molar-refractivity contribution < 1.29 is 19.1 Å². The normalized spacial score (nSPS) is 11.3. The number of methoxy groups -OCH3 is 1. The molecule has 138 valence electrons. The molecule has 2 amide bonds. The highest BCUT2D eigenvalue weighted by Crippen LogP contribution is 2.25. The highest BCUT2D eigenvalue weighted by atomic mass is 16.5. The molecular formula is C20H24N2O4. The Balaban J connectivity index is 2.12. The first-order valence-corrected chi connectivity index (χ1v) is 8.46. The average molecular weight is 356 g/mol.